The van der Waals surface area contributed by atoms with Crippen LogP contribution in [-0.2, 0) is 0 Å². The summed E-state index contributed by atoms with van der Waals surface area (Å²) >= 11 is 0. The summed E-state index contributed by atoms with van der Waals surface area (Å²) in [4.78, 5) is 33.0. The summed E-state index contributed by atoms with van der Waals surface area (Å²) < 4.78 is 0. The molecule has 0 saturated heterocycles. The van der Waals surface area contributed by atoms with E-state index >= 15 is 0 Å². The molecule has 0 heterocycles. The zero-order chi connectivity index (χ0) is 14.3. The second-order valence-electron chi connectivity index (χ2n) is 0.894. The molecule has 0 fully saturated rings. The topological polar surface area (TPSA) is 265 Å². The van der Waals surface area contributed by atoms with Crippen LogP contribution in [0, 0.1) is 90.5 Å². The van der Waals surface area contributed by atoms with Crippen molar-refractivity contribution in [2.45, 2.75) is 0 Å². The molecule has 0 aliphatic rings. The molecule has 0 bridgehead atoms. The monoisotopic (exact) mass is 487 g/mol. The SMILES string of the molecule is O=[N+]([O-])[O-].O=[N+]([O-])[O-].O=[N+]([O-])[O-].O=[N+]([O-])[O-].[239Pu]. The van der Waals surface area contributed by atoms with Gasteiger partial charge in [0.1, 0.15) is 0 Å². The van der Waals surface area contributed by atoms with Gasteiger partial charge < -0.3 is 61.3 Å². The normalized spacial score (nSPS) is 5.65. The van der Waals surface area contributed by atoms with Gasteiger partial charge in [-0.1, -0.05) is 0 Å². The van der Waals surface area contributed by atoms with Crippen molar-refractivity contribution in [1.82, 2.24) is 0 Å². The maximum absolute atomic E-state index is 8.25. The second kappa shape index (κ2) is 23.5. The van der Waals surface area contributed by atoms with Gasteiger partial charge in [-0.15, -0.1) is 0 Å². The van der Waals surface area contributed by atoms with Gasteiger partial charge in [-0.3, -0.25) is 0 Å². The van der Waals surface area contributed by atoms with Crippen LogP contribution in [-0.4, -0.2) is 20.3 Å². The Hall–Kier alpha value is -2.21. The predicted octanol–water partition coefficient (Wildman–Crippen LogP) is -0.956. The van der Waals surface area contributed by atoms with Crippen LogP contribution < -0.4 is 0 Å². The fourth-order valence-electron chi connectivity index (χ4n) is 0. The molecule has 17 heteroatoms. The number of hydrogen-bond acceptors (Lipinski definition) is 12. The van der Waals surface area contributed by atoms with E-state index in [2.05, 4.69) is 0 Å². The molecule has 102 valence electrons. The summed E-state index contributed by atoms with van der Waals surface area (Å²) in [6, 6.07) is 0. The van der Waals surface area contributed by atoms with Gasteiger partial charge in [0.05, 0.1) is 20.3 Å². The molecule has 16 nitrogen and oxygen atoms in total. The van der Waals surface area contributed by atoms with E-state index in [0.717, 1.165) is 0 Å². The summed E-state index contributed by atoms with van der Waals surface area (Å²) in [6.07, 6.45) is 0. The first kappa shape index (κ1) is 29.3. The van der Waals surface area contributed by atoms with Crippen LogP contribution in [0.15, 0.2) is 0 Å². The van der Waals surface area contributed by atoms with Gasteiger partial charge in [-0.25, -0.2) is 0 Å². The Labute approximate surface area is 111 Å². The summed E-state index contributed by atoms with van der Waals surface area (Å²) in [5.41, 5.74) is 0. The smallest absolute Gasteiger partial charge is 0.0689 e. The largest absolute Gasteiger partial charge is 0.356 e. The van der Waals surface area contributed by atoms with Crippen LogP contribution in [0.1, 0.15) is 0 Å². The molecule has 17 heavy (non-hydrogen) atoms. The Morgan fingerprint density at radius 3 is 0.412 bits per heavy atom. The van der Waals surface area contributed by atoms with Crippen LogP contribution >= 0.6 is 0 Å². The molecule has 0 saturated carbocycles. The minimum Gasteiger partial charge on any atom is -0.356 e. The zero-order valence-electron chi connectivity index (χ0n) is 7.10. The quantitative estimate of drug-likeness (QED) is 0.295. The van der Waals surface area contributed by atoms with E-state index < -0.39 is 20.3 Å². The minimum atomic E-state index is -1.75. The molecule has 0 rings (SSSR count). The molecule has 0 amide bonds. The molecule has 0 N–H and O–H groups in total. The molecule has 0 radical (unpaired) electrons. The summed E-state index contributed by atoms with van der Waals surface area (Å²) in [5, 5.41) is 59.0. The Bertz CT molecular complexity index is 159. The molecule has 0 aromatic carbocycles. The van der Waals surface area contributed by atoms with Crippen LogP contribution in [0.2, 0.25) is 0 Å². The van der Waals surface area contributed by atoms with Crippen molar-refractivity contribution in [2.24, 2.45) is 0 Å². The first-order valence-electron chi connectivity index (χ1n) is 2.19. The van der Waals surface area contributed by atoms with E-state index in [9.17, 15) is 0 Å². The van der Waals surface area contributed by atoms with Gasteiger partial charge in [0.15, 0.2) is 0 Å². The van der Waals surface area contributed by atoms with Crippen molar-refractivity contribution in [3.63, 3.8) is 0 Å². The van der Waals surface area contributed by atoms with E-state index in [-0.39, 0.29) is 29.2 Å². The van der Waals surface area contributed by atoms with Gasteiger partial charge in [-0.05, 0) is 0 Å². The van der Waals surface area contributed by atoms with E-state index in [1.54, 1.807) is 0 Å². The average Bonchev–Trinajstić information content (AvgIpc) is 1.76. The molecule has 0 spiro atoms. The predicted molar refractivity (Wildman–Crippen MR) is 41.4 cm³/mol. The standard InChI is InChI=1S/4NO3.Pu/c4*2-1(3)4;/q4*-1;/i;;;;1-5. The van der Waals surface area contributed by atoms with Gasteiger partial charge in [0.25, 0.3) is 0 Å². The van der Waals surface area contributed by atoms with Gasteiger partial charge in [-0.2, -0.15) is 0 Å². The molecule has 0 aromatic heterocycles. The molecule has 0 aliphatic carbocycles. The van der Waals surface area contributed by atoms with Crippen molar-refractivity contribution >= 4 is 0 Å². The van der Waals surface area contributed by atoms with E-state index in [1.807, 2.05) is 0 Å². The van der Waals surface area contributed by atoms with Crippen molar-refractivity contribution in [3.8, 4) is 0 Å². The number of rotatable bonds is 0. The molecular weight excluding hydrogens is 487 g/mol. The van der Waals surface area contributed by atoms with Crippen molar-refractivity contribution < 1.29 is 49.5 Å². The number of hydrogen-bond donors (Lipinski definition) is 0. The van der Waals surface area contributed by atoms with Crippen LogP contribution in [0.4, 0.5) is 0 Å². The van der Waals surface area contributed by atoms with Crippen molar-refractivity contribution in [3.05, 3.63) is 61.3 Å². The molecule has 0 aliphatic heterocycles. The third kappa shape index (κ3) is 391. The van der Waals surface area contributed by atoms with Crippen molar-refractivity contribution in [2.75, 3.05) is 0 Å². The minimum absolute atomic E-state index is 0. The molecule has 0 unspecified atom stereocenters. The third-order valence-corrected chi connectivity index (χ3v) is 0. The van der Waals surface area contributed by atoms with Crippen LogP contribution in [0.5, 0.6) is 0 Å². The van der Waals surface area contributed by atoms with E-state index in [4.69, 9.17) is 61.3 Å². The molecular formula is N4O12Pu-4. The van der Waals surface area contributed by atoms with E-state index in [0.29, 0.717) is 0 Å². The van der Waals surface area contributed by atoms with Crippen molar-refractivity contribution in [1.29, 1.82) is 0 Å². The van der Waals surface area contributed by atoms with Gasteiger partial charge >= 0.3 is 0 Å². The first-order valence-corrected chi connectivity index (χ1v) is 2.19. The Morgan fingerprint density at radius 1 is 0.412 bits per heavy atom. The molecule has 0 atom stereocenters. The average molecular weight is 487 g/mol. The zero-order valence-corrected chi connectivity index (χ0v) is 10.5. The fourth-order valence-corrected chi connectivity index (χ4v) is 0. The second-order valence-corrected chi connectivity index (χ2v) is 0.894. The Morgan fingerprint density at radius 2 is 0.412 bits per heavy atom. The Balaban J connectivity index is -0.0000000369. The van der Waals surface area contributed by atoms with Gasteiger partial charge in [0, 0.05) is 29.2 Å². The van der Waals surface area contributed by atoms with E-state index in [1.165, 1.54) is 0 Å². The first-order chi connectivity index (χ1) is 6.93. The maximum atomic E-state index is 8.25. The Kier molecular flexibility index (Phi) is 40.6. The van der Waals surface area contributed by atoms with Crippen LogP contribution in [0.25, 0.3) is 0 Å². The van der Waals surface area contributed by atoms with Crippen LogP contribution in [0.3, 0.4) is 0 Å². The van der Waals surface area contributed by atoms with Gasteiger partial charge in [0.2, 0.25) is 0 Å². The maximum Gasteiger partial charge on any atom is 0.0689 e. The fraction of sp³-hybridized carbons (Fsp3) is 0. The number of nitrogens with zero attached hydrogens (tertiary/aromatic N) is 4. The third-order valence-electron chi connectivity index (χ3n) is 0. The summed E-state index contributed by atoms with van der Waals surface area (Å²) in [5.74, 6) is 0. The molecule has 0 aromatic rings. The summed E-state index contributed by atoms with van der Waals surface area (Å²) in [6.45, 7) is 0. The summed E-state index contributed by atoms with van der Waals surface area (Å²) in [7, 11) is 0.